The van der Waals surface area contributed by atoms with Crippen molar-refractivity contribution in [2.75, 3.05) is 26.9 Å². The summed E-state index contributed by atoms with van der Waals surface area (Å²) >= 11 is 0. The zero-order valence-corrected chi connectivity index (χ0v) is 14.5. The quantitative estimate of drug-likeness (QED) is 0.854. The van der Waals surface area contributed by atoms with Gasteiger partial charge in [-0.25, -0.2) is 0 Å². The first-order chi connectivity index (χ1) is 12.2. The summed E-state index contributed by atoms with van der Waals surface area (Å²) in [6.07, 6.45) is 3.35. The van der Waals surface area contributed by atoms with Gasteiger partial charge in [-0.3, -0.25) is 4.79 Å². The number of hydrogen-bond acceptors (Lipinski definition) is 5. The van der Waals surface area contributed by atoms with Crippen LogP contribution < -0.4 is 10.1 Å². The summed E-state index contributed by atoms with van der Waals surface area (Å²) in [4.78, 5) is 12.7. The van der Waals surface area contributed by atoms with Crippen molar-refractivity contribution in [3.63, 3.8) is 0 Å². The summed E-state index contributed by atoms with van der Waals surface area (Å²) in [5.41, 5.74) is 0.196. The van der Waals surface area contributed by atoms with Crippen LogP contribution in [-0.2, 0) is 14.3 Å². The van der Waals surface area contributed by atoms with E-state index in [1.54, 1.807) is 31.4 Å². The molecule has 134 valence electrons. The molecule has 1 aromatic carbocycles. The van der Waals surface area contributed by atoms with Gasteiger partial charge < -0.3 is 19.5 Å². The van der Waals surface area contributed by atoms with Gasteiger partial charge in [0.25, 0.3) is 0 Å². The second kappa shape index (κ2) is 7.85. The highest BCUT2D eigenvalue weighted by atomic mass is 16.5. The first-order valence-corrected chi connectivity index (χ1v) is 8.71. The Bertz CT molecular complexity index is 634. The van der Waals surface area contributed by atoms with Gasteiger partial charge >= 0.3 is 0 Å². The smallest absolute Gasteiger partial charge is 0.228 e. The summed E-state index contributed by atoms with van der Waals surface area (Å²) in [7, 11) is 1.63. The Morgan fingerprint density at radius 1 is 1.40 bits per heavy atom. The molecule has 2 atom stereocenters. The van der Waals surface area contributed by atoms with Crippen molar-refractivity contribution in [1.29, 1.82) is 5.26 Å². The molecule has 0 unspecified atom stereocenters. The number of rotatable bonds is 6. The van der Waals surface area contributed by atoms with Crippen LogP contribution in [-0.4, -0.2) is 45.0 Å². The third-order valence-corrected chi connectivity index (χ3v) is 5.09. The van der Waals surface area contributed by atoms with Crippen LogP contribution in [0.3, 0.4) is 0 Å². The lowest BCUT2D eigenvalue weighted by molar-refractivity contribution is -0.143. The van der Waals surface area contributed by atoms with E-state index in [1.165, 1.54) is 0 Å². The number of methoxy groups -OCH3 is 1. The van der Waals surface area contributed by atoms with Crippen LogP contribution in [0.1, 0.15) is 31.2 Å². The second-order valence-corrected chi connectivity index (χ2v) is 6.80. The fraction of sp³-hybridized carbons (Fsp3) is 0.579. The number of hydrogen-bond donors (Lipinski definition) is 1. The number of amides is 1. The summed E-state index contributed by atoms with van der Waals surface area (Å²) in [6.45, 7) is 1.50. The highest BCUT2D eigenvalue weighted by molar-refractivity contribution is 5.84. The molecule has 6 nitrogen and oxygen atoms in total. The molecular weight excluding hydrogens is 320 g/mol. The van der Waals surface area contributed by atoms with Gasteiger partial charge in [-0.1, -0.05) is 6.42 Å². The number of nitrogens with one attached hydrogen (secondary N) is 1. The number of carbonyl (C=O) groups excluding carboxylic acids is 1. The van der Waals surface area contributed by atoms with Gasteiger partial charge in [0, 0.05) is 13.5 Å². The van der Waals surface area contributed by atoms with E-state index in [0.717, 1.165) is 19.3 Å². The summed E-state index contributed by atoms with van der Waals surface area (Å²) in [5.74, 6) is 0.727. The standard InChI is InChI=1S/C19H24N2O4/c1-23-13-19(8-2-9-19)18(22)21-16-12-24-10-7-17(16)25-15-5-3-14(11-20)4-6-15/h3-6,16-17H,2,7-10,12-13H2,1H3,(H,21,22)/t16-,17-/m1/s1. The van der Waals surface area contributed by atoms with Crippen molar-refractivity contribution < 1.29 is 19.0 Å². The Kier molecular flexibility index (Phi) is 5.57. The number of carbonyl (C=O) groups is 1. The molecule has 1 aromatic rings. The predicted molar refractivity (Wildman–Crippen MR) is 91.1 cm³/mol. The lowest BCUT2D eigenvalue weighted by atomic mass is 9.68. The molecular formula is C19H24N2O4. The Morgan fingerprint density at radius 2 is 2.16 bits per heavy atom. The van der Waals surface area contributed by atoms with Crippen LogP contribution in [0, 0.1) is 16.7 Å². The van der Waals surface area contributed by atoms with Crippen molar-refractivity contribution in [3.8, 4) is 11.8 Å². The normalized spacial score (nSPS) is 24.6. The van der Waals surface area contributed by atoms with E-state index in [2.05, 4.69) is 11.4 Å². The monoisotopic (exact) mass is 344 g/mol. The van der Waals surface area contributed by atoms with Crippen LogP contribution in [0.2, 0.25) is 0 Å². The number of benzene rings is 1. The molecule has 1 N–H and O–H groups in total. The first kappa shape index (κ1) is 17.7. The Morgan fingerprint density at radius 3 is 2.76 bits per heavy atom. The summed E-state index contributed by atoms with van der Waals surface area (Å²) in [5, 5.41) is 12.0. The lowest BCUT2D eigenvalue weighted by Gasteiger charge is -2.42. The third-order valence-electron chi connectivity index (χ3n) is 5.09. The fourth-order valence-corrected chi connectivity index (χ4v) is 3.42. The van der Waals surface area contributed by atoms with Crippen LogP contribution in [0.15, 0.2) is 24.3 Å². The van der Waals surface area contributed by atoms with E-state index in [0.29, 0.717) is 37.6 Å². The van der Waals surface area contributed by atoms with Crippen LogP contribution in [0.4, 0.5) is 0 Å². The molecule has 3 rings (SSSR count). The van der Waals surface area contributed by atoms with Crippen LogP contribution in [0.5, 0.6) is 5.75 Å². The Hall–Kier alpha value is -2.10. The predicted octanol–water partition coefficient (Wildman–Crippen LogP) is 2.03. The van der Waals surface area contributed by atoms with Gasteiger partial charge in [-0.15, -0.1) is 0 Å². The SMILES string of the molecule is COCC1(C(=O)N[C@@H]2COCC[C@H]2Oc2ccc(C#N)cc2)CCC1. The van der Waals surface area contributed by atoms with Gasteiger partial charge in [-0.2, -0.15) is 5.26 Å². The zero-order chi connectivity index (χ0) is 17.7. The Labute approximate surface area is 148 Å². The van der Waals surface area contributed by atoms with Gasteiger partial charge in [-0.05, 0) is 37.1 Å². The molecule has 1 saturated carbocycles. The molecule has 1 saturated heterocycles. The van der Waals surface area contributed by atoms with E-state index in [-0.39, 0.29) is 18.1 Å². The second-order valence-electron chi connectivity index (χ2n) is 6.80. The third kappa shape index (κ3) is 3.94. The first-order valence-electron chi connectivity index (χ1n) is 8.71. The molecule has 1 heterocycles. The lowest BCUT2D eigenvalue weighted by Crippen LogP contribution is -2.57. The molecule has 1 amide bonds. The van der Waals surface area contributed by atoms with Crippen LogP contribution in [0.25, 0.3) is 0 Å². The molecule has 0 radical (unpaired) electrons. The molecule has 1 aliphatic heterocycles. The molecule has 0 spiro atoms. The minimum Gasteiger partial charge on any atom is -0.488 e. The zero-order valence-electron chi connectivity index (χ0n) is 14.5. The molecule has 2 aliphatic rings. The van der Waals surface area contributed by atoms with Crippen molar-refractivity contribution >= 4 is 5.91 Å². The molecule has 0 bridgehead atoms. The molecule has 25 heavy (non-hydrogen) atoms. The summed E-state index contributed by atoms with van der Waals surface area (Å²) < 4.78 is 16.9. The maximum absolute atomic E-state index is 12.7. The molecule has 2 fully saturated rings. The average molecular weight is 344 g/mol. The van der Waals surface area contributed by atoms with Crippen molar-refractivity contribution in [2.24, 2.45) is 5.41 Å². The maximum Gasteiger partial charge on any atom is 0.228 e. The number of nitriles is 1. The van der Waals surface area contributed by atoms with E-state index >= 15 is 0 Å². The van der Waals surface area contributed by atoms with E-state index in [4.69, 9.17) is 19.5 Å². The molecule has 6 heteroatoms. The van der Waals surface area contributed by atoms with E-state index < -0.39 is 5.41 Å². The van der Waals surface area contributed by atoms with Gasteiger partial charge in [0.15, 0.2) is 0 Å². The highest BCUT2D eigenvalue weighted by Crippen LogP contribution is 2.41. The maximum atomic E-state index is 12.7. The van der Waals surface area contributed by atoms with Crippen molar-refractivity contribution in [2.45, 2.75) is 37.8 Å². The van der Waals surface area contributed by atoms with Crippen LogP contribution >= 0.6 is 0 Å². The van der Waals surface area contributed by atoms with E-state index in [1.807, 2.05) is 0 Å². The Balaban J connectivity index is 1.64. The topological polar surface area (TPSA) is 80.6 Å². The van der Waals surface area contributed by atoms with Gasteiger partial charge in [0.05, 0.1) is 42.9 Å². The van der Waals surface area contributed by atoms with Crippen molar-refractivity contribution in [1.82, 2.24) is 5.32 Å². The molecule has 1 aliphatic carbocycles. The number of ether oxygens (including phenoxy) is 3. The largest absolute Gasteiger partial charge is 0.488 e. The highest BCUT2D eigenvalue weighted by Gasteiger charge is 2.45. The minimum absolute atomic E-state index is 0.0320. The molecule has 0 aromatic heterocycles. The number of nitrogens with zero attached hydrogens (tertiary/aromatic N) is 1. The fourth-order valence-electron chi connectivity index (χ4n) is 3.42. The van der Waals surface area contributed by atoms with Gasteiger partial charge in [0.1, 0.15) is 11.9 Å². The average Bonchev–Trinajstić information content (AvgIpc) is 2.60. The van der Waals surface area contributed by atoms with E-state index in [9.17, 15) is 4.79 Å². The minimum atomic E-state index is -0.398. The summed E-state index contributed by atoms with van der Waals surface area (Å²) in [6, 6.07) is 8.92. The van der Waals surface area contributed by atoms with Crippen molar-refractivity contribution in [3.05, 3.63) is 29.8 Å². The van der Waals surface area contributed by atoms with Gasteiger partial charge in [0.2, 0.25) is 5.91 Å².